The van der Waals surface area contributed by atoms with Crippen molar-refractivity contribution in [3.63, 3.8) is 0 Å². The number of thioether (sulfide) groups is 1. The molecule has 0 spiro atoms. The molecule has 1 heterocycles. The second-order valence-electron chi connectivity index (χ2n) is 2.99. The van der Waals surface area contributed by atoms with Gasteiger partial charge in [-0.2, -0.15) is 0 Å². The second kappa shape index (κ2) is 6.32. The van der Waals surface area contributed by atoms with Gasteiger partial charge in [0.2, 0.25) is 0 Å². The molecular formula is C10H14N2O3S. The number of carbonyl (C=O) groups is 1. The molecule has 1 rings (SSSR count). The van der Waals surface area contributed by atoms with E-state index in [2.05, 4.69) is 9.97 Å². The van der Waals surface area contributed by atoms with Gasteiger partial charge in [-0.25, -0.2) is 4.98 Å². The first-order chi connectivity index (χ1) is 7.65. The molecule has 0 atom stereocenters. The van der Waals surface area contributed by atoms with Crippen LogP contribution in [0, 0.1) is 0 Å². The molecule has 0 saturated heterocycles. The fourth-order valence-corrected chi connectivity index (χ4v) is 1.76. The molecule has 0 aliphatic carbocycles. The number of esters is 1. The highest BCUT2D eigenvalue weighted by Gasteiger charge is 2.06. The van der Waals surface area contributed by atoms with Crippen molar-refractivity contribution in [3.05, 3.63) is 22.1 Å². The fourth-order valence-electron chi connectivity index (χ4n) is 1.06. The Kier molecular flexibility index (Phi) is 5.04. The predicted octanol–water partition coefficient (Wildman–Crippen LogP) is 0.987. The van der Waals surface area contributed by atoms with Gasteiger partial charge >= 0.3 is 5.97 Å². The Morgan fingerprint density at radius 1 is 1.56 bits per heavy atom. The Morgan fingerprint density at radius 3 is 2.94 bits per heavy atom. The largest absolute Gasteiger partial charge is 0.465 e. The van der Waals surface area contributed by atoms with E-state index in [9.17, 15) is 9.59 Å². The van der Waals surface area contributed by atoms with Crippen LogP contribution < -0.4 is 5.56 Å². The van der Waals surface area contributed by atoms with Gasteiger partial charge < -0.3 is 9.72 Å². The lowest BCUT2D eigenvalue weighted by Crippen LogP contribution is -2.12. The zero-order chi connectivity index (χ0) is 12.0. The second-order valence-corrected chi connectivity index (χ2v) is 3.95. The maximum Gasteiger partial charge on any atom is 0.316 e. The van der Waals surface area contributed by atoms with E-state index in [1.54, 1.807) is 6.92 Å². The van der Waals surface area contributed by atoms with Gasteiger partial charge in [0.05, 0.1) is 12.4 Å². The van der Waals surface area contributed by atoms with Crippen LogP contribution in [-0.4, -0.2) is 28.3 Å². The van der Waals surface area contributed by atoms with Gasteiger partial charge in [-0.15, -0.1) is 0 Å². The molecule has 0 unspecified atom stereocenters. The number of aromatic nitrogens is 2. The fraction of sp³-hybridized carbons (Fsp3) is 0.500. The molecule has 1 N–H and O–H groups in total. The normalized spacial score (nSPS) is 10.1. The van der Waals surface area contributed by atoms with Gasteiger partial charge in [0.15, 0.2) is 5.16 Å². The summed E-state index contributed by atoms with van der Waals surface area (Å²) in [5.41, 5.74) is 0.522. The number of aromatic amines is 1. The zero-order valence-corrected chi connectivity index (χ0v) is 10.1. The Labute approximate surface area is 97.6 Å². The lowest BCUT2D eigenvalue weighted by molar-refractivity contribution is -0.139. The average Bonchev–Trinajstić information content (AvgIpc) is 2.26. The summed E-state index contributed by atoms with van der Waals surface area (Å²) in [5.74, 6) is -0.152. The van der Waals surface area contributed by atoms with Crippen molar-refractivity contribution in [3.8, 4) is 0 Å². The van der Waals surface area contributed by atoms with Crippen molar-refractivity contribution in [2.24, 2.45) is 0 Å². The van der Waals surface area contributed by atoms with Crippen molar-refractivity contribution in [2.75, 3.05) is 12.4 Å². The van der Waals surface area contributed by atoms with Crippen molar-refractivity contribution < 1.29 is 9.53 Å². The molecule has 0 aliphatic heterocycles. The molecule has 5 nitrogen and oxygen atoms in total. The number of nitrogens with one attached hydrogen (secondary N) is 1. The lowest BCUT2D eigenvalue weighted by Gasteiger charge is -2.02. The summed E-state index contributed by atoms with van der Waals surface area (Å²) < 4.78 is 4.77. The van der Waals surface area contributed by atoms with E-state index in [4.69, 9.17) is 4.74 Å². The van der Waals surface area contributed by atoms with Crippen LogP contribution in [0.15, 0.2) is 16.0 Å². The van der Waals surface area contributed by atoms with E-state index in [1.165, 1.54) is 17.8 Å². The molecule has 0 saturated carbocycles. The van der Waals surface area contributed by atoms with Gasteiger partial charge in [0.1, 0.15) is 0 Å². The highest BCUT2D eigenvalue weighted by atomic mass is 32.2. The maximum atomic E-state index is 11.2. The maximum absolute atomic E-state index is 11.2. The number of carbonyl (C=O) groups excluding carboxylic acids is 1. The van der Waals surface area contributed by atoms with Crippen LogP contribution in [0.25, 0.3) is 0 Å². The van der Waals surface area contributed by atoms with E-state index in [1.807, 2.05) is 6.92 Å². The summed E-state index contributed by atoms with van der Waals surface area (Å²) in [6.45, 7) is 4.03. The summed E-state index contributed by atoms with van der Waals surface area (Å²) in [7, 11) is 0. The SMILES string of the molecule is CCOC(=O)CSc1nc(CC)cc(=O)[nH]1. The Bertz CT molecular complexity index is 417. The van der Waals surface area contributed by atoms with Crippen molar-refractivity contribution in [2.45, 2.75) is 25.4 Å². The molecule has 0 bridgehead atoms. The van der Waals surface area contributed by atoms with E-state index >= 15 is 0 Å². The van der Waals surface area contributed by atoms with Gasteiger partial charge in [0.25, 0.3) is 5.56 Å². The molecule has 0 aromatic carbocycles. The summed E-state index contributed by atoms with van der Waals surface area (Å²) in [6.07, 6.45) is 0.691. The number of hydrogen-bond acceptors (Lipinski definition) is 5. The third kappa shape index (κ3) is 4.06. The highest BCUT2D eigenvalue weighted by molar-refractivity contribution is 7.99. The summed E-state index contributed by atoms with van der Waals surface area (Å²) in [5, 5.41) is 0.456. The summed E-state index contributed by atoms with van der Waals surface area (Å²) in [6, 6.07) is 1.45. The summed E-state index contributed by atoms with van der Waals surface area (Å²) >= 11 is 1.17. The van der Waals surface area contributed by atoms with Gasteiger partial charge in [0, 0.05) is 11.8 Å². The minimum Gasteiger partial charge on any atom is -0.465 e. The molecule has 6 heteroatoms. The molecule has 0 aliphatic rings. The quantitative estimate of drug-likeness (QED) is 0.473. The molecule has 0 fully saturated rings. The first-order valence-electron chi connectivity index (χ1n) is 5.04. The number of nitrogens with zero attached hydrogens (tertiary/aromatic N) is 1. The average molecular weight is 242 g/mol. The number of ether oxygens (including phenoxy) is 1. The van der Waals surface area contributed by atoms with E-state index in [-0.39, 0.29) is 17.3 Å². The van der Waals surface area contributed by atoms with Crippen LogP contribution in [-0.2, 0) is 16.0 Å². The molecule has 16 heavy (non-hydrogen) atoms. The molecular weight excluding hydrogens is 228 g/mol. The molecule has 0 amide bonds. The standard InChI is InChI=1S/C10H14N2O3S/c1-3-7-5-8(13)12-10(11-7)16-6-9(14)15-4-2/h5H,3-4,6H2,1-2H3,(H,11,12,13). The van der Waals surface area contributed by atoms with Crippen LogP contribution in [0.5, 0.6) is 0 Å². The van der Waals surface area contributed by atoms with Crippen LogP contribution in [0.4, 0.5) is 0 Å². The highest BCUT2D eigenvalue weighted by Crippen LogP contribution is 2.11. The van der Waals surface area contributed by atoms with Crippen molar-refractivity contribution >= 4 is 17.7 Å². The number of H-pyrrole nitrogens is 1. The molecule has 1 aromatic heterocycles. The Balaban J connectivity index is 2.63. The smallest absolute Gasteiger partial charge is 0.316 e. The minimum atomic E-state index is -0.308. The number of aryl methyl sites for hydroxylation is 1. The van der Waals surface area contributed by atoms with Gasteiger partial charge in [-0.05, 0) is 13.3 Å². The van der Waals surface area contributed by atoms with E-state index < -0.39 is 0 Å². The van der Waals surface area contributed by atoms with Crippen molar-refractivity contribution in [1.29, 1.82) is 0 Å². The molecule has 1 aromatic rings. The third-order valence-electron chi connectivity index (χ3n) is 1.77. The van der Waals surface area contributed by atoms with Gasteiger partial charge in [-0.3, -0.25) is 9.59 Å². The predicted molar refractivity (Wildman–Crippen MR) is 61.6 cm³/mol. The van der Waals surface area contributed by atoms with E-state index in [0.29, 0.717) is 18.2 Å². The number of hydrogen-bond donors (Lipinski definition) is 1. The monoisotopic (exact) mass is 242 g/mol. The van der Waals surface area contributed by atoms with Crippen LogP contribution in [0.2, 0.25) is 0 Å². The number of rotatable bonds is 5. The zero-order valence-electron chi connectivity index (χ0n) is 9.28. The Hall–Kier alpha value is -1.30. The molecule has 0 radical (unpaired) electrons. The van der Waals surface area contributed by atoms with Crippen LogP contribution in [0.3, 0.4) is 0 Å². The third-order valence-corrected chi connectivity index (χ3v) is 2.61. The van der Waals surface area contributed by atoms with Gasteiger partial charge in [-0.1, -0.05) is 18.7 Å². The Morgan fingerprint density at radius 2 is 2.31 bits per heavy atom. The molecule has 88 valence electrons. The first kappa shape index (κ1) is 12.8. The van der Waals surface area contributed by atoms with Crippen molar-refractivity contribution in [1.82, 2.24) is 9.97 Å². The van der Waals surface area contributed by atoms with Crippen LogP contribution in [0.1, 0.15) is 19.5 Å². The first-order valence-corrected chi connectivity index (χ1v) is 6.03. The van der Waals surface area contributed by atoms with Crippen LogP contribution >= 0.6 is 11.8 Å². The summed E-state index contributed by atoms with van der Waals surface area (Å²) in [4.78, 5) is 29.1. The minimum absolute atomic E-state index is 0.157. The topological polar surface area (TPSA) is 72.0 Å². The van der Waals surface area contributed by atoms with E-state index in [0.717, 1.165) is 5.69 Å². The lowest BCUT2D eigenvalue weighted by atomic mass is 10.3.